The van der Waals surface area contributed by atoms with Gasteiger partial charge in [0.2, 0.25) is 5.91 Å². The van der Waals surface area contributed by atoms with Gasteiger partial charge in [-0.05, 0) is 44.9 Å². The van der Waals surface area contributed by atoms with Crippen molar-refractivity contribution in [1.82, 2.24) is 4.98 Å². The third kappa shape index (κ3) is 5.56. The van der Waals surface area contributed by atoms with Gasteiger partial charge in [-0.15, -0.1) is 11.3 Å². The summed E-state index contributed by atoms with van der Waals surface area (Å²) >= 11 is 2.51. The van der Waals surface area contributed by atoms with Crippen molar-refractivity contribution >= 4 is 40.0 Å². The molecule has 0 aliphatic heterocycles. The number of nitrogens with one attached hydrogen (secondary N) is 1. The van der Waals surface area contributed by atoms with E-state index in [4.69, 9.17) is 9.47 Å². The molecule has 154 valence electrons. The maximum absolute atomic E-state index is 12.5. The van der Waals surface area contributed by atoms with Crippen LogP contribution in [-0.4, -0.2) is 36.3 Å². The molecule has 0 unspecified atom stereocenters. The summed E-state index contributed by atoms with van der Waals surface area (Å²) in [5.74, 6) is -0.688. The molecule has 29 heavy (non-hydrogen) atoms. The highest BCUT2D eigenvalue weighted by atomic mass is 32.2. The highest BCUT2D eigenvalue weighted by Crippen LogP contribution is 2.33. The second-order valence-corrected chi connectivity index (χ2v) is 8.38. The number of thiophene rings is 1. The Bertz CT molecular complexity index is 964. The first-order chi connectivity index (χ1) is 13.8. The van der Waals surface area contributed by atoms with Gasteiger partial charge in [-0.1, -0.05) is 11.8 Å². The summed E-state index contributed by atoms with van der Waals surface area (Å²) < 4.78 is 10.3. The minimum atomic E-state index is -0.450. The number of aryl methyl sites for hydroxylation is 2. The molecule has 0 spiro atoms. The van der Waals surface area contributed by atoms with Crippen LogP contribution in [0, 0.1) is 32.1 Å². The molecule has 2 aromatic rings. The monoisotopic (exact) mass is 433 g/mol. The third-order valence-electron chi connectivity index (χ3n) is 4.07. The number of methoxy groups -OCH3 is 1. The van der Waals surface area contributed by atoms with Crippen LogP contribution in [0.15, 0.2) is 11.1 Å². The number of carbonyl (C=O) groups excluding carboxylic acids is 2. The number of pyridine rings is 1. The molecule has 0 saturated carbocycles. The van der Waals surface area contributed by atoms with E-state index in [1.165, 1.54) is 23.1 Å². The van der Waals surface area contributed by atoms with Crippen molar-refractivity contribution in [3.05, 3.63) is 38.9 Å². The van der Waals surface area contributed by atoms with Gasteiger partial charge >= 0.3 is 5.97 Å². The van der Waals surface area contributed by atoms with E-state index in [1.807, 2.05) is 20.8 Å². The number of aromatic nitrogens is 1. The number of nitrogens with zero attached hydrogens (tertiary/aromatic N) is 2. The average molecular weight is 434 g/mol. The maximum atomic E-state index is 12.5. The Hall–Kier alpha value is -2.41. The van der Waals surface area contributed by atoms with Gasteiger partial charge in [0.15, 0.2) is 0 Å². The lowest BCUT2D eigenvalue weighted by Gasteiger charge is -2.10. The molecule has 0 saturated heterocycles. The van der Waals surface area contributed by atoms with Crippen LogP contribution in [0.4, 0.5) is 5.00 Å². The summed E-state index contributed by atoms with van der Waals surface area (Å²) in [7, 11) is 1.56. The van der Waals surface area contributed by atoms with Crippen LogP contribution in [0.3, 0.4) is 0 Å². The fourth-order valence-electron chi connectivity index (χ4n) is 2.66. The maximum Gasteiger partial charge on any atom is 0.341 e. The van der Waals surface area contributed by atoms with Crippen molar-refractivity contribution in [3.63, 3.8) is 0 Å². The Morgan fingerprint density at radius 3 is 2.69 bits per heavy atom. The summed E-state index contributed by atoms with van der Waals surface area (Å²) in [5.41, 5.74) is 3.08. The van der Waals surface area contributed by atoms with E-state index in [0.717, 1.165) is 21.7 Å². The van der Waals surface area contributed by atoms with Crippen LogP contribution in [0.1, 0.15) is 44.5 Å². The lowest BCUT2D eigenvalue weighted by molar-refractivity contribution is -0.113. The summed E-state index contributed by atoms with van der Waals surface area (Å²) in [6.07, 6.45) is 0. The van der Waals surface area contributed by atoms with Gasteiger partial charge in [0, 0.05) is 17.7 Å². The molecule has 0 atom stereocenters. The molecule has 1 amide bonds. The number of anilines is 1. The van der Waals surface area contributed by atoms with E-state index in [1.54, 1.807) is 20.1 Å². The first-order valence-electron chi connectivity index (χ1n) is 8.91. The minimum absolute atomic E-state index is 0.0514. The van der Waals surface area contributed by atoms with Crippen LogP contribution >= 0.6 is 23.1 Å². The fourth-order valence-corrected chi connectivity index (χ4v) is 4.60. The number of carbonyl (C=O) groups is 2. The average Bonchev–Trinajstić information content (AvgIpc) is 2.93. The van der Waals surface area contributed by atoms with Crippen molar-refractivity contribution in [2.24, 2.45) is 0 Å². The molecule has 2 aromatic heterocycles. The number of ether oxygens (including phenoxy) is 2. The molecule has 2 rings (SSSR count). The molecule has 0 fully saturated rings. The van der Waals surface area contributed by atoms with E-state index in [-0.39, 0.29) is 18.3 Å². The summed E-state index contributed by atoms with van der Waals surface area (Å²) in [6.45, 7) is 7.84. The van der Waals surface area contributed by atoms with Crippen LogP contribution in [0.25, 0.3) is 0 Å². The fraction of sp³-hybridized carbons (Fsp3) is 0.400. The van der Waals surface area contributed by atoms with Gasteiger partial charge in [0.25, 0.3) is 0 Å². The molecule has 2 heterocycles. The van der Waals surface area contributed by atoms with Crippen LogP contribution in [0.5, 0.6) is 0 Å². The predicted molar refractivity (Wildman–Crippen MR) is 114 cm³/mol. The SMILES string of the molecule is CCOC(=O)c1c(NC(=O)CSc2nc(C)cc(COC)c2C#N)sc(C)c1C. The van der Waals surface area contributed by atoms with E-state index in [9.17, 15) is 14.9 Å². The van der Waals surface area contributed by atoms with Crippen molar-refractivity contribution in [2.45, 2.75) is 39.3 Å². The van der Waals surface area contributed by atoms with Crippen LogP contribution in [0.2, 0.25) is 0 Å². The second-order valence-electron chi connectivity index (χ2n) is 6.19. The standard InChI is InChI=1S/C20H23N3O4S2/c1-6-27-20(25)17-12(3)13(4)29-19(17)23-16(24)10-28-18-15(8-21)14(9-26-5)7-11(2)22-18/h7H,6,9-10H2,1-5H3,(H,23,24). The molecule has 0 aliphatic rings. The Balaban J connectivity index is 2.17. The van der Waals surface area contributed by atoms with Gasteiger partial charge in [-0.25, -0.2) is 9.78 Å². The quantitative estimate of drug-likeness (QED) is 0.496. The van der Waals surface area contributed by atoms with E-state index < -0.39 is 5.97 Å². The van der Waals surface area contributed by atoms with Gasteiger partial charge in [0.1, 0.15) is 16.1 Å². The Labute approximate surface area is 178 Å². The molecule has 7 nitrogen and oxygen atoms in total. The van der Waals surface area contributed by atoms with Gasteiger partial charge in [-0.3, -0.25) is 4.79 Å². The van der Waals surface area contributed by atoms with Crippen molar-refractivity contribution in [3.8, 4) is 6.07 Å². The molecule has 1 N–H and O–H groups in total. The van der Waals surface area contributed by atoms with Gasteiger partial charge in [0.05, 0.1) is 30.1 Å². The van der Waals surface area contributed by atoms with E-state index in [0.29, 0.717) is 27.8 Å². The van der Waals surface area contributed by atoms with E-state index in [2.05, 4.69) is 16.4 Å². The number of hydrogen-bond donors (Lipinski definition) is 1. The zero-order chi connectivity index (χ0) is 21.6. The highest BCUT2D eigenvalue weighted by molar-refractivity contribution is 8.00. The lowest BCUT2D eigenvalue weighted by atomic mass is 10.1. The number of amides is 1. The number of thioether (sulfide) groups is 1. The third-order valence-corrected chi connectivity index (χ3v) is 6.16. The predicted octanol–water partition coefficient (Wildman–Crippen LogP) is 3.99. The lowest BCUT2D eigenvalue weighted by Crippen LogP contribution is -2.16. The molecule has 0 bridgehead atoms. The van der Waals surface area contributed by atoms with Crippen molar-refractivity contribution < 1.29 is 19.1 Å². The first kappa shape index (κ1) is 22.9. The van der Waals surface area contributed by atoms with Crippen molar-refractivity contribution in [2.75, 3.05) is 24.8 Å². The largest absolute Gasteiger partial charge is 0.462 e. The molecule has 0 aromatic carbocycles. The van der Waals surface area contributed by atoms with Crippen LogP contribution < -0.4 is 5.32 Å². The van der Waals surface area contributed by atoms with Crippen LogP contribution in [-0.2, 0) is 20.9 Å². The second kappa shape index (κ2) is 10.4. The normalized spacial score (nSPS) is 10.5. The Morgan fingerprint density at radius 2 is 2.07 bits per heavy atom. The highest BCUT2D eigenvalue weighted by Gasteiger charge is 2.22. The van der Waals surface area contributed by atoms with Gasteiger partial charge in [-0.2, -0.15) is 5.26 Å². The first-order valence-corrected chi connectivity index (χ1v) is 10.7. The molecular formula is C20H23N3O4S2. The number of hydrogen-bond acceptors (Lipinski definition) is 8. The summed E-state index contributed by atoms with van der Waals surface area (Å²) in [4.78, 5) is 30.1. The topological polar surface area (TPSA) is 101 Å². The smallest absolute Gasteiger partial charge is 0.341 e. The zero-order valence-electron chi connectivity index (χ0n) is 17.0. The number of rotatable bonds is 8. The zero-order valence-corrected chi connectivity index (χ0v) is 18.7. The molecule has 0 radical (unpaired) electrons. The Kier molecular flexibility index (Phi) is 8.20. The molecule has 9 heteroatoms. The molecular weight excluding hydrogens is 410 g/mol. The number of nitriles is 1. The molecule has 0 aliphatic carbocycles. The van der Waals surface area contributed by atoms with E-state index >= 15 is 0 Å². The minimum Gasteiger partial charge on any atom is -0.462 e. The van der Waals surface area contributed by atoms with Crippen molar-refractivity contribution in [1.29, 1.82) is 5.26 Å². The Morgan fingerprint density at radius 1 is 1.34 bits per heavy atom. The summed E-state index contributed by atoms with van der Waals surface area (Å²) in [6, 6.07) is 3.94. The van der Waals surface area contributed by atoms with Gasteiger partial charge < -0.3 is 14.8 Å². The summed E-state index contributed by atoms with van der Waals surface area (Å²) in [5, 5.41) is 13.2. The number of esters is 1.